The van der Waals surface area contributed by atoms with Crippen molar-refractivity contribution in [3.05, 3.63) is 15.8 Å². The molecule has 1 aromatic rings. The molecule has 0 atom stereocenters. The van der Waals surface area contributed by atoms with Crippen LogP contribution in [0.2, 0.25) is 0 Å². The molecule has 0 aromatic carbocycles. The van der Waals surface area contributed by atoms with Crippen molar-refractivity contribution in [2.45, 2.75) is 62.2 Å². The summed E-state index contributed by atoms with van der Waals surface area (Å²) in [4.78, 5) is 1.39. The zero-order valence-corrected chi connectivity index (χ0v) is 14.0. The van der Waals surface area contributed by atoms with Crippen LogP contribution >= 0.6 is 11.3 Å². The molecule has 2 aliphatic carbocycles. The van der Waals surface area contributed by atoms with Gasteiger partial charge in [-0.25, -0.2) is 13.1 Å². The van der Waals surface area contributed by atoms with Gasteiger partial charge in [0.05, 0.1) is 6.10 Å². The van der Waals surface area contributed by atoms with Gasteiger partial charge in [0, 0.05) is 30.6 Å². The predicted octanol–water partition coefficient (Wildman–Crippen LogP) is 1.76. The van der Waals surface area contributed by atoms with Crippen molar-refractivity contribution in [3.63, 3.8) is 0 Å². The molecule has 2 aliphatic rings. The molecule has 118 valence electrons. The number of sulfonamides is 1. The lowest BCUT2D eigenvalue weighted by molar-refractivity contribution is 0.0236. The largest absolute Gasteiger partial charge is 0.381 e. The highest BCUT2D eigenvalue weighted by Crippen LogP contribution is 2.30. The minimum atomic E-state index is -3.43. The zero-order valence-electron chi connectivity index (χ0n) is 12.4. The minimum absolute atomic E-state index is 0.00323. The van der Waals surface area contributed by atoms with Crippen LogP contribution in [0, 0.1) is 6.92 Å². The second kappa shape index (κ2) is 5.96. The maximum atomic E-state index is 12.6. The molecule has 3 rings (SSSR count). The standard InChI is InChI=1S/C14H22N2O3S2/c1-9-8-20-13(7-15-10-3-4-10)14(9)21(17,18)16-11-5-12(6-11)19-2/h8,10-12,15-16H,3-7H2,1-2H3. The average Bonchev–Trinajstić information content (AvgIpc) is 3.13. The quantitative estimate of drug-likeness (QED) is 0.799. The monoisotopic (exact) mass is 330 g/mol. The fourth-order valence-electron chi connectivity index (χ4n) is 2.63. The number of methoxy groups -OCH3 is 1. The van der Waals surface area contributed by atoms with E-state index in [1.54, 1.807) is 7.11 Å². The van der Waals surface area contributed by atoms with Gasteiger partial charge in [-0.2, -0.15) is 0 Å². The maximum absolute atomic E-state index is 12.6. The van der Waals surface area contributed by atoms with E-state index in [2.05, 4.69) is 10.0 Å². The Morgan fingerprint density at radius 2 is 2.05 bits per heavy atom. The number of aryl methyl sites for hydroxylation is 1. The van der Waals surface area contributed by atoms with Crippen LogP contribution in [0.5, 0.6) is 0 Å². The number of nitrogens with one attached hydrogen (secondary N) is 2. The van der Waals surface area contributed by atoms with E-state index in [9.17, 15) is 8.42 Å². The van der Waals surface area contributed by atoms with Crippen LogP contribution in [0.1, 0.15) is 36.1 Å². The first kappa shape index (κ1) is 15.4. The van der Waals surface area contributed by atoms with Crippen molar-refractivity contribution in [3.8, 4) is 0 Å². The number of hydrogen-bond acceptors (Lipinski definition) is 5. The molecule has 0 spiro atoms. The van der Waals surface area contributed by atoms with Gasteiger partial charge in [-0.05, 0) is 43.6 Å². The molecule has 0 bridgehead atoms. The molecule has 2 fully saturated rings. The van der Waals surface area contributed by atoms with E-state index < -0.39 is 10.0 Å². The summed E-state index contributed by atoms with van der Waals surface area (Å²) in [5.41, 5.74) is 0.836. The van der Waals surface area contributed by atoms with Crippen molar-refractivity contribution in [2.75, 3.05) is 7.11 Å². The summed E-state index contributed by atoms with van der Waals surface area (Å²) >= 11 is 1.52. The first-order valence-electron chi connectivity index (χ1n) is 7.35. The molecule has 2 N–H and O–H groups in total. The summed E-state index contributed by atoms with van der Waals surface area (Å²) < 4.78 is 33.3. The Morgan fingerprint density at radius 3 is 2.67 bits per heavy atom. The Kier molecular flexibility index (Phi) is 4.38. The average molecular weight is 330 g/mol. The van der Waals surface area contributed by atoms with E-state index in [0.717, 1.165) is 23.3 Å². The topological polar surface area (TPSA) is 67.4 Å². The van der Waals surface area contributed by atoms with E-state index in [1.807, 2.05) is 12.3 Å². The Hall–Kier alpha value is -0.470. The highest BCUT2D eigenvalue weighted by molar-refractivity contribution is 7.89. The molecule has 0 amide bonds. The van der Waals surface area contributed by atoms with E-state index >= 15 is 0 Å². The van der Waals surface area contributed by atoms with Gasteiger partial charge < -0.3 is 10.1 Å². The Bertz CT molecular complexity index is 602. The summed E-state index contributed by atoms with van der Waals surface area (Å²) in [5.74, 6) is 0. The molecular formula is C14H22N2O3S2. The fraction of sp³-hybridized carbons (Fsp3) is 0.714. The van der Waals surface area contributed by atoms with E-state index in [4.69, 9.17) is 4.74 Å². The lowest BCUT2D eigenvalue weighted by atomic mass is 9.90. The van der Waals surface area contributed by atoms with Crippen LogP contribution in [0.4, 0.5) is 0 Å². The van der Waals surface area contributed by atoms with Gasteiger partial charge in [-0.3, -0.25) is 0 Å². The number of hydrogen-bond donors (Lipinski definition) is 2. The SMILES string of the molecule is COC1CC(NS(=O)(=O)c2c(C)csc2CNC2CC2)C1. The first-order chi connectivity index (χ1) is 9.99. The number of rotatable bonds is 7. The van der Waals surface area contributed by atoms with Gasteiger partial charge >= 0.3 is 0 Å². The predicted molar refractivity (Wildman–Crippen MR) is 83.1 cm³/mol. The van der Waals surface area contributed by atoms with Crippen molar-refractivity contribution < 1.29 is 13.2 Å². The molecule has 1 heterocycles. The number of ether oxygens (including phenoxy) is 1. The zero-order chi connectivity index (χ0) is 15.0. The van der Waals surface area contributed by atoms with Crippen molar-refractivity contribution >= 4 is 21.4 Å². The van der Waals surface area contributed by atoms with Crippen LogP contribution in [0.15, 0.2) is 10.3 Å². The van der Waals surface area contributed by atoms with E-state index in [1.165, 1.54) is 24.2 Å². The molecule has 21 heavy (non-hydrogen) atoms. The third-order valence-corrected chi connectivity index (χ3v) is 7.12. The Morgan fingerprint density at radius 1 is 1.33 bits per heavy atom. The molecule has 2 saturated carbocycles. The molecular weight excluding hydrogens is 308 g/mol. The normalized spacial score (nSPS) is 25.8. The van der Waals surface area contributed by atoms with Crippen LogP contribution in [0.25, 0.3) is 0 Å². The molecule has 0 saturated heterocycles. The Balaban J connectivity index is 1.70. The van der Waals surface area contributed by atoms with Gasteiger partial charge in [-0.15, -0.1) is 11.3 Å². The first-order valence-corrected chi connectivity index (χ1v) is 9.71. The van der Waals surface area contributed by atoms with E-state index in [-0.39, 0.29) is 12.1 Å². The minimum Gasteiger partial charge on any atom is -0.381 e. The molecule has 1 aromatic heterocycles. The summed E-state index contributed by atoms with van der Waals surface area (Å²) in [7, 11) is -1.77. The summed E-state index contributed by atoms with van der Waals surface area (Å²) in [6.45, 7) is 2.51. The fourth-order valence-corrected chi connectivity index (χ4v) is 5.65. The van der Waals surface area contributed by atoms with Crippen molar-refractivity contribution in [2.24, 2.45) is 0 Å². The van der Waals surface area contributed by atoms with Gasteiger partial charge in [0.25, 0.3) is 0 Å². The summed E-state index contributed by atoms with van der Waals surface area (Å²) in [5, 5.41) is 5.32. The third kappa shape index (κ3) is 3.48. The smallest absolute Gasteiger partial charge is 0.242 e. The van der Waals surface area contributed by atoms with Crippen LogP contribution in [-0.4, -0.2) is 33.7 Å². The second-order valence-electron chi connectivity index (χ2n) is 5.97. The highest BCUT2D eigenvalue weighted by atomic mass is 32.2. The second-order valence-corrected chi connectivity index (χ2v) is 8.59. The molecule has 0 unspecified atom stereocenters. The molecule has 0 radical (unpaired) electrons. The third-order valence-electron chi connectivity index (χ3n) is 4.14. The molecule has 7 heteroatoms. The van der Waals surface area contributed by atoms with Gasteiger partial charge in [0.15, 0.2) is 0 Å². The van der Waals surface area contributed by atoms with Crippen molar-refractivity contribution in [1.29, 1.82) is 0 Å². The Labute approximate surface area is 130 Å². The van der Waals surface area contributed by atoms with Gasteiger partial charge in [0.2, 0.25) is 10.0 Å². The maximum Gasteiger partial charge on any atom is 0.242 e. The molecule has 0 aliphatic heterocycles. The van der Waals surface area contributed by atoms with Gasteiger partial charge in [-0.1, -0.05) is 0 Å². The summed E-state index contributed by atoms with van der Waals surface area (Å²) in [6.07, 6.45) is 4.11. The lowest BCUT2D eigenvalue weighted by Gasteiger charge is -2.34. The van der Waals surface area contributed by atoms with Gasteiger partial charge in [0.1, 0.15) is 4.90 Å². The number of thiophene rings is 1. The van der Waals surface area contributed by atoms with Crippen LogP contribution < -0.4 is 10.0 Å². The highest BCUT2D eigenvalue weighted by Gasteiger charge is 2.34. The summed E-state index contributed by atoms with van der Waals surface area (Å²) in [6, 6.07) is 0.577. The van der Waals surface area contributed by atoms with Crippen LogP contribution in [0.3, 0.4) is 0 Å². The van der Waals surface area contributed by atoms with E-state index in [0.29, 0.717) is 17.5 Å². The van der Waals surface area contributed by atoms with Crippen molar-refractivity contribution in [1.82, 2.24) is 10.0 Å². The van der Waals surface area contributed by atoms with Crippen LogP contribution in [-0.2, 0) is 21.3 Å². The molecule has 5 nitrogen and oxygen atoms in total. The lowest BCUT2D eigenvalue weighted by Crippen LogP contribution is -2.47.